The molecule has 74 valence electrons. The first kappa shape index (κ1) is 9.91. The molecule has 0 saturated heterocycles. The Morgan fingerprint density at radius 2 is 2.14 bits per heavy atom. The van der Waals surface area contributed by atoms with Gasteiger partial charge in [-0.1, -0.05) is 40.2 Å². The summed E-state index contributed by atoms with van der Waals surface area (Å²) >= 11 is 3.40. The molecule has 1 nitrogen and oxygen atoms in total. The predicted octanol–water partition coefficient (Wildman–Crippen LogP) is 3.22. The van der Waals surface area contributed by atoms with Gasteiger partial charge < -0.3 is 0 Å². The van der Waals surface area contributed by atoms with Gasteiger partial charge in [0.2, 0.25) is 0 Å². The number of ketones is 1. The second kappa shape index (κ2) is 4.26. The van der Waals surface area contributed by atoms with E-state index in [1.54, 1.807) is 0 Å². The van der Waals surface area contributed by atoms with Gasteiger partial charge in [0.25, 0.3) is 0 Å². The number of Topliss-reactive ketones (excluding diaryl/α,β-unsaturated/α-hetero) is 1. The minimum Gasteiger partial charge on any atom is -0.294 e. The van der Waals surface area contributed by atoms with Crippen molar-refractivity contribution in [3.63, 3.8) is 0 Å². The molecule has 0 N–H and O–H groups in total. The van der Waals surface area contributed by atoms with Crippen molar-refractivity contribution in [1.29, 1.82) is 0 Å². The Balaban J connectivity index is 2.27. The summed E-state index contributed by atoms with van der Waals surface area (Å²) in [6, 6.07) is 7.99. The molecule has 0 saturated carbocycles. The van der Waals surface area contributed by atoms with E-state index < -0.39 is 0 Å². The summed E-state index contributed by atoms with van der Waals surface area (Å²) in [6.07, 6.45) is 3.04. The number of rotatable bonds is 2. The molecular weight excluding hydrogens is 240 g/mol. The van der Waals surface area contributed by atoms with Crippen LogP contribution in [-0.2, 0) is 6.42 Å². The van der Waals surface area contributed by atoms with E-state index in [-0.39, 0.29) is 5.92 Å². The van der Waals surface area contributed by atoms with Crippen molar-refractivity contribution in [1.82, 2.24) is 0 Å². The Bertz CT molecular complexity index is 346. The molecule has 1 atom stereocenters. The number of hydrogen-bond acceptors (Lipinski definition) is 1. The minimum atomic E-state index is 0.240. The van der Waals surface area contributed by atoms with Crippen LogP contribution in [0.5, 0.6) is 0 Å². The maximum atomic E-state index is 12.0. The normalized spacial score (nSPS) is 20.6. The van der Waals surface area contributed by atoms with Crippen molar-refractivity contribution < 1.29 is 4.79 Å². The number of alkyl halides is 1. The van der Waals surface area contributed by atoms with Gasteiger partial charge in [0.15, 0.2) is 5.78 Å². The van der Waals surface area contributed by atoms with Crippen molar-refractivity contribution in [3.05, 3.63) is 35.4 Å². The summed E-state index contributed by atoms with van der Waals surface area (Å²) in [4.78, 5) is 12.0. The Hall–Kier alpha value is -0.630. The van der Waals surface area contributed by atoms with Gasteiger partial charge in [-0.25, -0.2) is 0 Å². The lowest BCUT2D eigenvalue weighted by Crippen LogP contribution is -2.22. The Kier molecular flexibility index (Phi) is 3.02. The number of aryl methyl sites for hydroxylation is 1. The Morgan fingerprint density at radius 3 is 2.93 bits per heavy atom. The maximum absolute atomic E-state index is 12.0. The Labute approximate surface area is 92.6 Å². The molecule has 0 aliphatic heterocycles. The summed E-state index contributed by atoms with van der Waals surface area (Å²) < 4.78 is 0. The number of carbonyl (C=O) groups excluding carboxylic acids is 1. The van der Waals surface area contributed by atoms with Gasteiger partial charge in [0, 0.05) is 16.8 Å². The van der Waals surface area contributed by atoms with Crippen LogP contribution in [0.3, 0.4) is 0 Å². The zero-order valence-corrected chi connectivity index (χ0v) is 9.59. The lowest BCUT2D eigenvalue weighted by atomic mass is 9.81. The third-order valence-electron chi connectivity index (χ3n) is 2.87. The van der Waals surface area contributed by atoms with Crippen LogP contribution in [0.2, 0.25) is 0 Å². The van der Waals surface area contributed by atoms with Crippen LogP contribution in [0.4, 0.5) is 0 Å². The lowest BCUT2D eigenvalue weighted by molar-refractivity contribution is 0.0899. The lowest BCUT2D eigenvalue weighted by Gasteiger charge is -2.22. The van der Waals surface area contributed by atoms with Crippen molar-refractivity contribution in [2.24, 2.45) is 5.92 Å². The van der Waals surface area contributed by atoms with Crippen molar-refractivity contribution in [2.45, 2.75) is 19.3 Å². The molecule has 0 fully saturated rings. The van der Waals surface area contributed by atoms with Crippen LogP contribution in [0.25, 0.3) is 0 Å². The fourth-order valence-corrected chi connectivity index (χ4v) is 2.62. The van der Waals surface area contributed by atoms with E-state index in [9.17, 15) is 4.79 Å². The van der Waals surface area contributed by atoms with E-state index in [1.165, 1.54) is 5.56 Å². The van der Waals surface area contributed by atoms with Crippen molar-refractivity contribution in [3.8, 4) is 0 Å². The molecule has 0 aromatic heterocycles. The van der Waals surface area contributed by atoms with Gasteiger partial charge in [-0.2, -0.15) is 0 Å². The SMILES string of the molecule is O=C1c2ccccc2CCC1CCBr. The van der Waals surface area contributed by atoms with Crippen LogP contribution in [-0.4, -0.2) is 11.1 Å². The molecular formula is C12H13BrO. The van der Waals surface area contributed by atoms with Crippen molar-refractivity contribution in [2.75, 3.05) is 5.33 Å². The minimum absolute atomic E-state index is 0.240. The molecule has 1 unspecified atom stereocenters. The smallest absolute Gasteiger partial charge is 0.166 e. The number of fused-ring (bicyclic) bond motifs is 1. The van der Waals surface area contributed by atoms with Crippen LogP contribution < -0.4 is 0 Å². The summed E-state index contributed by atoms with van der Waals surface area (Å²) in [7, 11) is 0. The fourth-order valence-electron chi connectivity index (χ4n) is 2.07. The topological polar surface area (TPSA) is 17.1 Å². The zero-order chi connectivity index (χ0) is 9.97. The van der Waals surface area contributed by atoms with E-state index in [1.807, 2.05) is 18.2 Å². The maximum Gasteiger partial charge on any atom is 0.166 e. The molecule has 1 aliphatic rings. The van der Waals surface area contributed by atoms with Gasteiger partial charge in [-0.05, 0) is 24.8 Å². The van der Waals surface area contributed by atoms with E-state index in [2.05, 4.69) is 22.0 Å². The van der Waals surface area contributed by atoms with Gasteiger partial charge in [-0.15, -0.1) is 0 Å². The molecule has 0 heterocycles. The first-order chi connectivity index (χ1) is 6.83. The zero-order valence-electron chi connectivity index (χ0n) is 8.00. The van der Waals surface area contributed by atoms with Gasteiger partial charge >= 0.3 is 0 Å². The second-order valence-electron chi connectivity index (χ2n) is 3.73. The highest BCUT2D eigenvalue weighted by Crippen LogP contribution is 2.27. The number of hydrogen-bond donors (Lipinski definition) is 0. The average Bonchev–Trinajstić information content (AvgIpc) is 2.23. The van der Waals surface area contributed by atoms with E-state index in [0.717, 1.165) is 30.2 Å². The molecule has 0 radical (unpaired) electrons. The summed E-state index contributed by atoms with van der Waals surface area (Å²) in [5, 5.41) is 0.922. The average molecular weight is 253 g/mol. The second-order valence-corrected chi connectivity index (χ2v) is 4.53. The van der Waals surface area contributed by atoms with E-state index in [0.29, 0.717) is 5.78 Å². The standard InChI is InChI=1S/C12H13BrO/c13-8-7-10-6-5-9-3-1-2-4-11(9)12(10)14/h1-4,10H,5-8H2. The monoisotopic (exact) mass is 252 g/mol. The van der Waals surface area contributed by atoms with Crippen LogP contribution in [0.15, 0.2) is 24.3 Å². The highest BCUT2D eigenvalue weighted by molar-refractivity contribution is 9.09. The molecule has 0 spiro atoms. The largest absolute Gasteiger partial charge is 0.294 e. The summed E-state index contributed by atoms with van der Waals surface area (Å²) in [6.45, 7) is 0. The molecule has 0 amide bonds. The van der Waals surface area contributed by atoms with Crippen LogP contribution in [0, 0.1) is 5.92 Å². The van der Waals surface area contributed by atoms with Crippen LogP contribution in [0.1, 0.15) is 28.8 Å². The molecule has 2 rings (SSSR count). The Morgan fingerprint density at radius 1 is 1.36 bits per heavy atom. The van der Waals surface area contributed by atoms with Crippen molar-refractivity contribution >= 4 is 21.7 Å². The fraction of sp³-hybridized carbons (Fsp3) is 0.417. The first-order valence-corrected chi connectivity index (χ1v) is 6.13. The molecule has 1 aliphatic carbocycles. The molecule has 2 heteroatoms. The quantitative estimate of drug-likeness (QED) is 0.739. The third kappa shape index (κ3) is 1.76. The first-order valence-electron chi connectivity index (χ1n) is 5.01. The summed E-state index contributed by atoms with van der Waals surface area (Å²) in [5.74, 6) is 0.579. The molecule has 1 aromatic rings. The summed E-state index contributed by atoms with van der Waals surface area (Å²) in [5.41, 5.74) is 2.17. The molecule has 14 heavy (non-hydrogen) atoms. The highest BCUT2D eigenvalue weighted by atomic mass is 79.9. The van der Waals surface area contributed by atoms with Gasteiger partial charge in [0.05, 0.1) is 0 Å². The number of halogens is 1. The van der Waals surface area contributed by atoms with Crippen LogP contribution >= 0.6 is 15.9 Å². The van der Waals surface area contributed by atoms with Gasteiger partial charge in [-0.3, -0.25) is 4.79 Å². The van der Waals surface area contributed by atoms with E-state index >= 15 is 0 Å². The molecule has 0 bridgehead atoms. The predicted molar refractivity (Wildman–Crippen MR) is 61.0 cm³/mol. The highest BCUT2D eigenvalue weighted by Gasteiger charge is 2.25. The molecule has 1 aromatic carbocycles. The van der Waals surface area contributed by atoms with E-state index in [4.69, 9.17) is 0 Å². The van der Waals surface area contributed by atoms with Gasteiger partial charge in [0.1, 0.15) is 0 Å². The number of carbonyl (C=O) groups is 1. The third-order valence-corrected chi connectivity index (χ3v) is 3.33. The number of benzene rings is 1.